The van der Waals surface area contributed by atoms with E-state index in [2.05, 4.69) is 36.6 Å². The van der Waals surface area contributed by atoms with Gasteiger partial charge in [-0.05, 0) is 61.9 Å². The van der Waals surface area contributed by atoms with Crippen LogP contribution in [0.2, 0.25) is 0 Å². The number of hydrogen-bond donors (Lipinski definition) is 2. The van der Waals surface area contributed by atoms with E-state index in [1.165, 1.54) is 43.2 Å². The first-order valence-corrected chi connectivity index (χ1v) is 9.35. The Morgan fingerprint density at radius 2 is 1.68 bits per heavy atom. The van der Waals surface area contributed by atoms with Gasteiger partial charge in [0.25, 0.3) is 5.91 Å². The summed E-state index contributed by atoms with van der Waals surface area (Å²) in [6, 6.07) is 13.9. The fraction of sp³-hybridized carbons (Fsp3) is 0.409. The monoisotopic (exact) mass is 336 g/mol. The average Bonchev–Trinajstić information content (AvgIpc) is 2.65. The van der Waals surface area contributed by atoms with E-state index in [0.717, 1.165) is 17.9 Å². The van der Waals surface area contributed by atoms with Crippen LogP contribution in [0, 0.1) is 19.8 Å². The van der Waals surface area contributed by atoms with E-state index in [9.17, 15) is 4.79 Å². The van der Waals surface area contributed by atoms with Crippen LogP contribution in [0.25, 0.3) is 0 Å². The van der Waals surface area contributed by atoms with Gasteiger partial charge in [-0.3, -0.25) is 4.79 Å². The highest BCUT2D eigenvalue weighted by atomic mass is 16.1. The Hall–Kier alpha value is -2.29. The van der Waals surface area contributed by atoms with E-state index in [4.69, 9.17) is 0 Å². The van der Waals surface area contributed by atoms with Crippen molar-refractivity contribution < 1.29 is 4.79 Å². The van der Waals surface area contributed by atoms with Crippen molar-refractivity contribution in [2.45, 2.75) is 46.0 Å². The number of nitrogens with one attached hydrogen (secondary N) is 2. The summed E-state index contributed by atoms with van der Waals surface area (Å²) in [5, 5.41) is 6.58. The maximum absolute atomic E-state index is 12.7. The first kappa shape index (κ1) is 17.5. The molecule has 0 aliphatic heterocycles. The molecular formula is C22H28N2O. The summed E-state index contributed by atoms with van der Waals surface area (Å²) in [4.78, 5) is 12.7. The first-order valence-electron chi connectivity index (χ1n) is 9.35. The second kappa shape index (κ2) is 8.19. The molecule has 1 amide bonds. The van der Waals surface area contributed by atoms with Crippen molar-refractivity contribution in [3.05, 3.63) is 59.2 Å². The Balaban J connectivity index is 1.71. The maximum Gasteiger partial charge on any atom is 0.253 e. The van der Waals surface area contributed by atoms with E-state index in [1.54, 1.807) is 0 Å². The molecule has 2 N–H and O–H groups in total. The molecule has 2 aromatic carbocycles. The predicted molar refractivity (Wildman–Crippen MR) is 105 cm³/mol. The van der Waals surface area contributed by atoms with Crippen molar-refractivity contribution in [2.75, 3.05) is 11.9 Å². The molecule has 1 aliphatic carbocycles. The molecule has 25 heavy (non-hydrogen) atoms. The summed E-state index contributed by atoms with van der Waals surface area (Å²) in [6.45, 7) is 4.99. The van der Waals surface area contributed by atoms with Gasteiger partial charge in [-0.25, -0.2) is 0 Å². The van der Waals surface area contributed by atoms with Gasteiger partial charge < -0.3 is 10.6 Å². The Labute approximate surface area is 150 Å². The van der Waals surface area contributed by atoms with Crippen molar-refractivity contribution in [3.8, 4) is 0 Å². The number of aryl methyl sites for hydroxylation is 1. The summed E-state index contributed by atoms with van der Waals surface area (Å²) in [5.41, 5.74) is 5.06. The van der Waals surface area contributed by atoms with Gasteiger partial charge in [-0.2, -0.15) is 0 Å². The minimum absolute atomic E-state index is 0.0129. The summed E-state index contributed by atoms with van der Waals surface area (Å²) < 4.78 is 0. The second-order valence-electron chi connectivity index (χ2n) is 7.13. The van der Waals surface area contributed by atoms with Crippen LogP contribution in [0.5, 0.6) is 0 Å². The predicted octanol–water partition coefficient (Wildman–Crippen LogP) is 5.36. The molecule has 1 aliphatic rings. The molecule has 0 unspecified atom stereocenters. The van der Waals surface area contributed by atoms with Gasteiger partial charge in [-0.15, -0.1) is 0 Å². The largest absolute Gasteiger partial charge is 0.355 e. The molecule has 1 fully saturated rings. The molecule has 0 radical (unpaired) electrons. The van der Waals surface area contributed by atoms with Crippen molar-refractivity contribution in [3.63, 3.8) is 0 Å². The molecule has 0 saturated heterocycles. The van der Waals surface area contributed by atoms with Crippen molar-refractivity contribution in [1.82, 2.24) is 5.32 Å². The zero-order valence-corrected chi connectivity index (χ0v) is 15.3. The van der Waals surface area contributed by atoms with Gasteiger partial charge in [0.2, 0.25) is 0 Å². The molecule has 132 valence electrons. The topological polar surface area (TPSA) is 41.1 Å². The lowest BCUT2D eigenvalue weighted by atomic mass is 9.89. The van der Waals surface area contributed by atoms with Crippen LogP contribution in [-0.2, 0) is 0 Å². The number of amides is 1. The van der Waals surface area contributed by atoms with Crippen LogP contribution in [0.15, 0.2) is 42.5 Å². The van der Waals surface area contributed by atoms with Gasteiger partial charge in [0, 0.05) is 12.2 Å². The molecule has 0 bridgehead atoms. The van der Waals surface area contributed by atoms with Crippen LogP contribution in [-0.4, -0.2) is 12.5 Å². The minimum atomic E-state index is 0.0129. The number of para-hydroxylation sites is 1. The molecular weight excluding hydrogens is 308 g/mol. The summed E-state index contributed by atoms with van der Waals surface area (Å²) in [7, 11) is 0. The Bertz CT molecular complexity index is 733. The van der Waals surface area contributed by atoms with Crippen LogP contribution >= 0.6 is 0 Å². The fourth-order valence-electron chi connectivity index (χ4n) is 3.55. The van der Waals surface area contributed by atoms with Gasteiger partial charge in [0.15, 0.2) is 0 Å². The summed E-state index contributed by atoms with van der Waals surface area (Å²) in [5.74, 6) is 0.649. The van der Waals surface area contributed by atoms with Gasteiger partial charge in [0.1, 0.15) is 0 Å². The quantitative estimate of drug-likeness (QED) is 0.772. The van der Waals surface area contributed by atoms with Crippen molar-refractivity contribution in [1.29, 1.82) is 0 Å². The number of carbonyl (C=O) groups is 1. The molecule has 3 nitrogen and oxygen atoms in total. The van der Waals surface area contributed by atoms with Crippen LogP contribution in [0.4, 0.5) is 11.4 Å². The van der Waals surface area contributed by atoms with Gasteiger partial charge >= 0.3 is 0 Å². The average molecular weight is 336 g/mol. The molecule has 0 atom stereocenters. The Morgan fingerprint density at radius 1 is 0.960 bits per heavy atom. The van der Waals surface area contributed by atoms with Crippen LogP contribution in [0.1, 0.15) is 53.6 Å². The molecule has 2 aromatic rings. The molecule has 3 rings (SSSR count). The third-order valence-corrected chi connectivity index (χ3v) is 5.32. The van der Waals surface area contributed by atoms with Crippen molar-refractivity contribution >= 4 is 17.3 Å². The molecule has 0 spiro atoms. The normalized spacial score (nSPS) is 15.0. The standard InChI is InChI=1S/C22H28N2O/c1-16-9-8-14-20(17(16)2)24-21-13-7-6-12-19(21)22(25)23-15-18-10-4-3-5-11-18/h6-9,12-14,18,24H,3-5,10-11,15H2,1-2H3,(H,23,25). The summed E-state index contributed by atoms with van der Waals surface area (Å²) in [6.07, 6.45) is 6.41. The minimum Gasteiger partial charge on any atom is -0.355 e. The van der Waals surface area contributed by atoms with Gasteiger partial charge in [-0.1, -0.05) is 43.5 Å². The zero-order chi connectivity index (χ0) is 17.6. The van der Waals surface area contributed by atoms with E-state index in [1.807, 2.05) is 30.3 Å². The lowest BCUT2D eigenvalue weighted by Gasteiger charge is -2.22. The molecule has 0 heterocycles. The number of carbonyl (C=O) groups excluding carboxylic acids is 1. The number of anilines is 2. The maximum atomic E-state index is 12.7. The van der Waals surface area contributed by atoms with Crippen LogP contribution in [0.3, 0.4) is 0 Å². The van der Waals surface area contributed by atoms with Crippen LogP contribution < -0.4 is 10.6 Å². The third kappa shape index (κ3) is 4.41. The number of hydrogen-bond acceptors (Lipinski definition) is 2. The van der Waals surface area contributed by atoms with E-state index >= 15 is 0 Å². The molecule has 0 aromatic heterocycles. The van der Waals surface area contributed by atoms with E-state index < -0.39 is 0 Å². The van der Waals surface area contributed by atoms with Gasteiger partial charge in [0.05, 0.1) is 11.3 Å². The number of rotatable bonds is 5. The van der Waals surface area contributed by atoms with Crippen molar-refractivity contribution in [2.24, 2.45) is 5.92 Å². The second-order valence-corrected chi connectivity index (χ2v) is 7.13. The number of benzene rings is 2. The Kier molecular flexibility index (Phi) is 5.75. The highest BCUT2D eigenvalue weighted by molar-refractivity contribution is 6.00. The van der Waals surface area contributed by atoms with E-state index in [0.29, 0.717) is 11.5 Å². The lowest BCUT2D eigenvalue weighted by Crippen LogP contribution is -2.30. The molecule has 3 heteroatoms. The SMILES string of the molecule is Cc1cccc(Nc2ccccc2C(=O)NCC2CCCCC2)c1C. The smallest absolute Gasteiger partial charge is 0.253 e. The lowest BCUT2D eigenvalue weighted by molar-refractivity contribution is 0.0944. The summed E-state index contributed by atoms with van der Waals surface area (Å²) >= 11 is 0. The fourth-order valence-corrected chi connectivity index (χ4v) is 3.55. The highest BCUT2D eigenvalue weighted by Gasteiger charge is 2.16. The Morgan fingerprint density at radius 3 is 2.48 bits per heavy atom. The van der Waals surface area contributed by atoms with E-state index in [-0.39, 0.29) is 5.91 Å². The first-order chi connectivity index (χ1) is 12.1. The molecule has 1 saturated carbocycles. The highest BCUT2D eigenvalue weighted by Crippen LogP contribution is 2.26. The zero-order valence-electron chi connectivity index (χ0n) is 15.3. The third-order valence-electron chi connectivity index (χ3n) is 5.32.